The number of allylic oxidation sites excluding steroid dienone is 3. The van der Waals surface area contributed by atoms with Gasteiger partial charge in [-0.15, -0.1) is 0 Å². The number of rotatable bonds is 6. The first-order chi connectivity index (χ1) is 16.2. The van der Waals surface area contributed by atoms with E-state index in [1.807, 2.05) is 31.2 Å². The van der Waals surface area contributed by atoms with Gasteiger partial charge in [0, 0.05) is 29.3 Å². The molecule has 0 spiro atoms. The molecule has 1 aliphatic carbocycles. The molecule has 178 valence electrons. The summed E-state index contributed by atoms with van der Waals surface area (Å²) in [5.74, 6) is -0.506. The maximum Gasteiger partial charge on any atom is 0.336 e. The van der Waals surface area contributed by atoms with Crippen LogP contribution in [0.2, 0.25) is 0 Å². The van der Waals surface area contributed by atoms with Crippen LogP contribution in [0.5, 0.6) is 5.75 Å². The zero-order chi connectivity index (χ0) is 24.5. The monoisotopic (exact) mass is 463 g/mol. The summed E-state index contributed by atoms with van der Waals surface area (Å²) in [5.41, 5.74) is 4.25. The van der Waals surface area contributed by atoms with Crippen molar-refractivity contribution in [3.05, 3.63) is 88.0 Å². The molecule has 6 heteroatoms. The predicted molar refractivity (Wildman–Crippen MR) is 127 cm³/mol. The average molecular weight is 464 g/mol. The summed E-state index contributed by atoms with van der Waals surface area (Å²) in [6.45, 7) is 8.35. The number of dihydropyridines is 1. The molecule has 0 bridgehead atoms. The van der Waals surface area contributed by atoms with E-state index in [1.54, 1.807) is 19.1 Å². The van der Waals surface area contributed by atoms with Gasteiger partial charge in [-0.1, -0.05) is 38.1 Å². The lowest BCUT2D eigenvalue weighted by molar-refractivity contribution is -0.138. The first kappa shape index (κ1) is 23.7. The molecule has 0 fully saturated rings. The molecule has 0 radical (unpaired) electrons. The summed E-state index contributed by atoms with van der Waals surface area (Å²) in [6, 6.07) is 13.6. The Labute approximate surface area is 199 Å². The van der Waals surface area contributed by atoms with Crippen molar-refractivity contribution < 1.29 is 23.5 Å². The quantitative estimate of drug-likeness (QED) is 0.567. The number of ether oxygens (including phenoxy) is 2. The molecule has 1 aliphatic heterocycles. The second kappa shape index (κ2) is 9.45. The highest BCUT2D eigenvalue weighted by molar-refractivity contribution is 6.04. The maximum absolute atomic E-state index is 13.3. The van der Waals surface area contributed by atoms with Gasteiger partial charge in [-0.05, 0) is 61.1 Å². The molecule has 34 heavy (non-hydrogen) atoms. The molecule has 1 heterocycles. The highest BCUT2D eigenvalue weighted by atomic mass is 19.1. The van der Waals surface area contributed by atoms with Crippen molar-refractivity contribution in [2.75, 3.05) is 6.61 Å². The van der Waals surface area contributed by atoms with Crippen LogP contribution in [0.3, 0.4) is 0 Å². The maximum atomic E-state index is 13.3. The van der Waals surface area contributed by atoms with Gasteiger partial charge in [0.1, 0.15) is 18.2 Å². The van der Waals surface area contributed by atoms with Gasteiger partial charge in [-0.3, -0.25) is 4.79 Å². The topological polar surface area (TPSA) is 64.6 Å². The van der Waals surface area contributed by atoms with Gasteiger partial charge in [0.2, 0.25) is 0 Å². The lowest BCUT2D eigenvalue weighted by Gasteiger charge is -2.39. The third-order valence-electron chi connectivity index (χ3n) is 6.27. The first-order valence-corrected chi connectivity index (χ1v) is 11.6. The van der Waals surface area contributed by atoms with Crippen molar-refractivity contribution in [1.29, 1.82) is 0 Å². The Morgan fingerprint density at radius 2 is 1.76 bits per heavy atom. The number of hydrogen-bond donors (Lipinski definition) is 1. The van der Waals surface area contributed by atoms with E-state index in [0.717, 1.165) is 23.2 Å². The van der Waals surface area contributed by atoms with Crippen molar-refractivity contribution in [2.24, 2.45) is 5.41 Å². The molecule has 0 amide bonds. The summed E-state index contributed by atoms with van der Waals surface area (Å²) in [6.07, 6.45) is 1.16. The van der Waals surface area contributed by atoms with Crippen molar-refractivity contribution in [1.82, 2.24) is 5.32 Å². The number of nitrogens with one attached hydrogen (secondary N) is 1. The Hall–Kier alpha value is -3.41. The Morgan fingerprint density at radius 1 is 1.09 bits per heavy atom. The lowest BCUT2D eigenvalue weighted by Crippen LogP contribution is -2.38. The second-order valence-corrected chi connectivity index (χ2v) is 9.63. The standard InChI is InChI=1S/C28H30FNO4/c1-5-33-27(32)24-17(2)30-22-14-28(3,4)15-23(31)26(22)25(24)19-8-12-21(13-9-19)34-16-18-6-10-20(29)11-7-18/h6-13,25,30H,5,14-16H2,1-4H3/t25-/m0/s1. The highest BCUT2D eigenvalue weighted by Crippen LogP contribution is 2.47. The van der Waals surface area contributed by atoms with Crippen LogP contribution in [-0.2, 0) is 20.9 Å². The molecule has 0 unspecified atom stereocenters. The van der Waals surface area contributed by atoms with E-state index in [0.29, 0.717) is 35.6 Å². The van der Waals surface area contributed by atoms with Gasteiger partial charge < -0.3 is 14.8 Å². The molecule has 2 aromatic carbocycles. The lowest BCUT2D eigenvalue weighted by atomic mass is 9.68. The fourth-order valence-electron chi connectivity index (χ4n) is 4.75. The summed E-state index contributed by atoms with van der Waals surface area (Å²) >= 11 is 0. The zero-order valence-corrected chi connectivity index (χ0v) is 20.0. The summed E-state index contributed by atoms with van der Waals surface area (Å²) in [7, 11) is 0. The van der Waals surface area contributed by atoms with E-state index in [1.165, 1.54) is 12.1 Å². The minimum Gasteiger partial charge on any atom is -0.489 e. The van der Waals surface area contributed by atoms with E-state index in [9.17, 15) is 14.0 Å². The van der Waals surface area contributed by atoms with Crippen molar-refractivity contribution >= 4 is 11.8 Å². The van der Waals surface area contributed by atoms with Crippen molar-refractivity contribution in [3.8, 4) is 5.75 Å². The zero-order valence-electron chi connectivity index (χ0n) is 20.0. The fraction of sp³-hybridized carbons (Fsp3) is 0.357. The van der Waals surface area contributed by atoms with E-state index >= 15 is 0 Å². The van der Waals surface area contributed by atoms with E-state index in [4.69, 9.17) is 9.47 Å². The average Bonchev–Trinajstić information content (AvgIpc) is 2.77. The molecule has 0 aromatic heterocycles. The SMILES string of the molecule is CCOC(=O)C1=C(C)NC2=C(C(=O)CC(C)(C)C2)[C@H]1c1ccc(OCc2ccc(F)cc2)cc1. The molecule has 4 rings (SSSR count). The minimum absolute atomic E-state index is 0.0506. The minimum atomic E-state index is -0.495. The number of esters is 1. The van der Waals surface area contributed by atoms with Crippen LogP contribution in [0, 0.1) is 11.2 Å². The second-order valence-electron chi connectivity index (χ2n) is 9.63. The number of Topliss-reactive ketones (excluding diaryl/α,β-unsaturated/α-hetero) is 1. The predicted octanol–water partition coefficient (Wildman–Crippen LogP) is 5.57. The van der Waals surface area contributed by atoms with Gasteiger partial charge in [-0.2, -0.15) is 0 Å². The summed E-state index contributed by atoms with van der Waals surface area (Å²) in [5, 5.41) is 3.33. The van der Waals surface area contributed by atoms with E-state index < -0.39 is 11.9 Å². The van der Waals surface area contributed by atoms with Crippen LogP contribution in [0.15, 0.2) is 71.1 Å². The number of benzene rings is 2. The van der Waals surface area contributed by atoms with E-state index in [-0.39, 0.29) is 23.6 Å². The molecule has 2 aliphatic rings. The Bertz CT molecular complexity index is 1160. The normalized spacial score (nSPS) is 19.4. The summed E-state index contributed by atoms with van der Waals surface area (Å²) < 4.78 is 24.3. The van der Waals surface area contributed by atoms with Crippen LogP contribution >= 0.6 is 0 Å². The Morgan fingerprint density at radius 3 is 2.41 bits per heavy atom. The smallest absolute Gasteiger partial charge is 0.336 e. The summed E-state index contributed by atoms with van der Waals surface area (Å²) in [4.78, 5) is 26.2. The Balaban J connectivity index is 1.65. The number of halogens is 1. The van der Waals surface area contributed by atoms with Gasteiger partial charge in [0.15, 0.2) is 5.78 Å². The number of carbonyl (C=O) groups excluding carboxylic acids is 2. The molecular weight excluding hydrogens is 433 g/mol. The van der Waals surface area contributed by atoms with Crippen molar-refractivity contribution in [3.63, 3.8) is 0 Å². The van der Waals surface area contributed by atoms with Crippen LogP contribution in [0.4, 0.5) is 4.39 Å². The Kier molecular flexibility index (Phi) is 6.60. The molecule has 1 atom stereocenters. The largest absolute Gasteiger partial charge is 0.489 e. The van der Waals surface area contributed by atoms with Crippen LogP contribution in [0.1, 0.15) is 57.6 Å². The fourth-order valence-corrected chi connectivity index (χ4v) is 4.75. The first-order valence-electron chi connectivity index (χ1n) is 11.6. The van der Waals surface area contributed by atoms with Gasteiger partial charge in [-0.25, -0.2) is 9.18 Å². The highest BCUT2D eigenvalue weighted by Gasteiger charge is 2.43. The molecular formula is C28H30FNO4. The van der Waals surface area contributed by atoms with Gasteiger partial charge in [0.05, 0.1) is 12.2 Å². The van der Waals surface area contributed by atoms with Crippen LogP contribution in [-0.4, -0.2) is 18.4 Å². The third kappa shape index (κ3) is 4.91. The van der Waals surface area contributed by atoms with Crippen LogP contribution in [0.25, 0.3) is 0 Å². The molecule has 0 saturated heterocycles. The molecule has 1 N–H and O–H groups in total. The molecule has 0 saturated carbocycles. The molecule has 2 aromatic rings. The number of ketones is 1. The number of carbonyl (C=O) groups is 2. The third-order valence-corrected chi connectivity index (χ3v) is 6.27. The number of hydrogen-bond acceptors (Lipinski definition) is 5. The van der Waals surface area contributed by atoms with Gasteiger partial charge >= 0.3 is 5.97 Å². The van der Waals surface area contributed by atoms with Gasteiger partial charge in [0.25, 0.3) is 0 Å². The van der Waals surface area contributed by atoms with Crippen LogP contribution < -0.4 is 10.1 Å². The van der Waals surface area contributed by atoms with E-state index in [2.05, 4.69) is 19.2 Å². The molecule has 5 nitrogen and oxygen atoms in total. The van der Waals surface area contributed by atoms with Crippen molar-refractivity contribution in [2.45, 2.75) is 53.1 Å².